The number of para-hydroxylation sites is 2. The Kier molecular flexibility index (Phi) is 3.79. The number of benzene rings is 1. The molecule has 16 heavy (non-hydrogen) atoms. The number of halogens is 1. The molecule has 0 amide bonds. The zero-order valence-corrected chi connectivity index (χ0v) is 10.4. The van der Waals surface area contributed by atoms with E-state index in [0.717, 1.165) is 16.4 Å². The summed E-state index contributed by atoms with van der Waals surface area (Å²) < 4.78 is 7.04. The number of ether oxygens (including phenoxy) is 1. The quantitative estimate of drug-likeness (QED) is 0.672. The second-order valence-electron chi connectivity index (χ2n) is 3.40. The van der Waals surface area contributed by atoms with Crippen LogP contribution < -0.4 is 5.69 Å². The van der Waals surface area contributed by atoms with Crippen LogP contribution in [0, 0.1) is 0 Å². The van der Waals surface area contributed by atoms with Gasteiger partial charge in [0.2, 0.25) is 0 Å². The first-order valence-electron chi connectivity index (χ1n) is 5.14. The highest BCUT2D eigenvalue weighted by Crippen LogP contribution is 2.08. The molecule has 4 nitrogen and oxygen atoms in total. The van der Waals surface area contributed by atoms with Crippen LogP contribution in [-0.2, 0) is 11.3 Å². The molecule has 0 aliphatic heterocycles. The van der Waals surface area contributed by atoms with E-state index in [1.165, 1.54) is 0 Å². The van der Waals surface area contributed by atoms with Crippen molar-refractivity contribution in [2.24, 2.45) is 0 Å². The molecule has 0 aliphatic carbocycles. The zero-order chi connectivity index (χ0) is 11.4. The lowest BCUT2D eigenvalue weighted by Crippen LogP contribution is -2.19. The Bertz CT molecular complexity index is 518. The largest absolute Gasteiger partial charge is 0.379 e. The van der Waals surface area contributed by atoms with E-state index in [2.05, 4.69) is 20.9 Å². The number of H-pyrrole nitrogens is 1. The van der Waals surface area contributed by atoms with Crippen molar-refractivity contribution in [3.8, 4) is 0 Å². The maximum atomic E-state index is 11.6. The van der Waals surface area contributed by atoms with Crippen molar-refractivity contribution in [3.63, 3.8) is 0 Å². The summed E-state index contributed by atoms with van der Waals surface area (Å²) in [5, 5.41) is 0.815. The number of imidazole rings is 1. The summed E-state index contributed by atoms with van der Waals surface area (Å²) >= 11 is 3.28. The van der Waals surface area contributed by atoms with Crippen LogP contribution >= 0.6 is 15.9 Å². The maximum Gasteiger partial charge on any atom is 0.326 e. The summed E-state index contributed by atoms with van der Waals surface area (Å²) in [4.78, 5) is 14.5. The zero-order valence-electron chi connectivity index (χ0n) is 8.78. The number of aromatic nitrogens is 2. The Morgan fingerprint density at radius 1 is 1.31 bits per heavy atom. The molecule has 5 heteroatoms. The van der Waals surface area contributed by atoms with Gasteiger partial charge in [0, 0.05) is 5.33 Å². The molecular formula is C11H13BrN2O2. The molecular weight excluding hydrogens is 272 g/mol. The highest BCUT2D eigenvalue weighted by atomic mass is 79.9. The van der Waals surface area contributed by atoms with Crippen molar-refractivity contribution in [2.75, 3.05) is 18.5 Å². The molecule has 0 saturated heterocycles. The highest BCUT2D eigenvalue weighted by Gasteiger charge is 2.04. The summed E-state index contributed by atoms with van der Waals surface area (Å²) in [5.74, 6) is 0. The smallest absolute Gasteiger partial charge is 0.326 e. The van der Waals surface area contributed by atoms with E-state index in [4.69, 9.17) is 4.74 Å². The standard InChI is InChI=1S/C11H13BrN2O2/c12-5-7-16-8-6-14-10-4-2-1-3-9(10)13-11(14)15/h1-4H,5-8H2,(H,13,15). The lowest BCUT2D eigenvalue weighted by Gasteiger charge is -2.03. The van der Waals surface area contributed by atoms with Crippen molar-refractivity contribution >= 4 is 27.0 Å². The lowest BCUT2D eigenvalue weighted by molar-refractivity contribution is 0.142. The van der Waals surface area contributed by atoms with Gasteiger partial charge in [0.1, 0.15) is 0 Å². The minimum Gasteiger partial charge on any atom is -0.379 e. The summed E-state index contributed by atoms with van der Waals surface area (Å²) in [6.45, 7) is 1.79. The van der Waals surface area contributed by atoms with Crippen LogP contribution in [0.1, 0.15) is 0 Å². The molecule has 2 rings (SSSR count). The number of nitrogens with zero attached hydrogens (tertiary/aromatic N) is 1. The molecule has 0 spiro atoms. The Morgan fingerprint density at radius 3 is 2.94 bits per heavy atom. The first kappa shape index (κ1) is 11.4. The Hall–Kier alpha value is -1.07. The molecule has 0 atom stereocenters. The molecule has 86 valence electrons. The van der Waals surface area contributed by atoms with Gasteiger partial charge in [-0.05, 0) is 12.1 Å². The van der Waals surface area contributed by atoms with Crippen LogP contribution in [0.15, 0.2) is 29.1 Å². The van der Waals surface area contributed by atoms with Gasteiger partial charge in [-0.1, -0.05) is 28.1 Å². The number of hydrogen-bond acceptors (Lipinski definition) is 2. The van der Waals surface area contributed by atoms with Crippen LogP contribution in [0.2, 0.25) is 0 Å². The average molecular weight is 285 g/mol. The fourth-order valence-corrected chi connectivity index (χ4v) is 1.87. The molecule has 0 saturated carbocycles. The van der Waals surface area contributed by atoms with Gasteiger partial charge in [0.05, 0.1) is 30.8 Å². The highest BCUT2D eigenvalue weighted by molar-refractivity contribution is 9.09. The Balaban J connectivity index is 2.16. The fraction of sp³-hybridized carbons (Fsp3) is 0.364. The first-order valence-corrected chi connectivity index (χ1v) is 6.26. The molecule has 0 unspecified atom stereocenters. The van der Waals surface area contributed by atoms with Gasteiger partial charge in [-0.3, -0.25) is 4.57 Å². The van der Waals surface area contributed by atoms with Gasteiger partial charge in [0.25, 0.3) is 0 Å². The number of hydrogen-bond donors (Lipinski definition) is 1. The minimum absolute atomic E-state index is 0.0800. The van der Waals surface area contributed by atoms with Gasteiger partial charge in [-0.25, -0.2) is 4.79 Å². The van der Waals surface area contributed by atoms with Crippen molar-refractivity contribution in [1.29, 1.82) is 0 Å². The number of fused-ring (bicyclic) bond motifs is 1. The van der Waals surface area contributed by atoms with Gasteiger partial charge in [-0.2, -0.15) is 0 Å². The molecule has 0 aliphatic rings. The van der Waals surface area contributed by atoms with Crippen molar-refractivity contribution in [1.82, 2.24) is 9.55 Å². The first-order chi connectivity index (χ1) is 7.83. The minimum atomic E-state index is -0.0800. The molecule has 2 aromatic rings. The summed E-state index contributed by atoms with van der Waals surface area (Å²) in [6.07, 6.45) is 0. The Morgan fingerprint density at radius 2 is 2.12 bits per heavy atom. The van der Waals surface area contributed by atoms with Crippen molar-refractivity contribution in [2.45, 2.75) is 6.54 Å². The number of rotatable bonds is 5. The predicted molar refractivity (Wildman–Crippen MR) is 67.2 cm³/mol. The van der Waals surface area contributed by atoms with Crippen LogP contribution in [-0.4, -0.2) is 28.1 Å². The predicted octanol–water partition coefficient (Wildman–Crippen LogP) is 1.74. The summed E-state index contributed by atoms with van der Waals surface area (Å²) in [7, 11) is 0. The normalized spacial score (nSPS) is 11.1. The Labute approximate surface area is 101 Å². The average Bonchev–Trinajstić information content (AvgIpc) is 2.61. The van der Waals surface area contributed by atoms with Crippen molar-refractivity contribution < 1.29 is 4.74 Å². The van der Waals surface area contributed by atoms with Crippen LogP contribution in [0.3, 0.4) is 0 Å². The molecule has 1 heterocycles. The third kappa shape index (κ3) is 2.36. The molecule has 1 aromatic carbocycles. The van der Waals surface area contributed by atoms with E-state index in [0.29, 0.717) is 19.8 Å². The van der Waals surface area contributed by atoms with Crippen LogP contribution in [0.5, 0.6) is 0 Å². The van der Waals surface area contributed by atoms with E-state index in [1.54, 1.807) is 4.57 Å². The van der Waals surface area contributed by atoms with Gasteiger partial charge in [-0.15, -0.1) is 0 Å². The second kappa shape index (κ2) is 5.32. The molecule has 0 bridgehead atoms. The fourth-order valence-electron chi connectivity index (χ4n) is 1.64. The second-order valence-corrected chi connectivity index (χ2v) is 4.19. The lowest BCUT2D eigenvalue weighted by atomic mass is 10.3. The van der Waals surface area contributed by atoms with E-state index in [-0.39, 0.29) is 5.69 Å². The summed E-state index contributed by atoms with van der Waals surface area (Å²) in [5.41, 5.74) is 1.71. The SMILES string of the molecule is O=c1[nH]c2ccccc2n1CCOCCBr. The third-order valence-corrected chi connectivity index (χ3v) is 2.69. The van der Waals surface area contributed by atoms with Gasteiger partial charge in [0.15, 0.2) is 0 Å². The van der Waals surface area contributed by atoms with Crippen LogP contribution in [0.25, 0.3) is 11.0 Å². The number of alkyl halides is 1. The molecule has 1 N–H and O–H groups in total. The maximum absolute atomic E-state index is 11.6. The molecule has 0 radical (unpaired) electrons. The number of nitrogens with one attached hydrogen (secondary N) is 1. The van der Waals surface area contributed by atoms with Gasteiger partial charge >= 0.3 is 5.69 Å². The van der Waals surface area contributed by atoms with Crippen LogP contribution in [0.4, 0.5) is 0 Å². The van der Waals surface area contributed by atoms with Gasteiger partial charge < -0.3 is 9.72 Å². The topological polar surface area (TPSA) is 47.0 Å². The number of aromatic amines is 1. The van der Waals surface area contributed by atoms with E-state index < -0.39 is 0 Å². The summed E-state index contributed by atoms with van der Waals surface area (Å²) in [6, 6.07) is 7.65. The molecule has 1 aromatic heterocycles. The van der Waals surface area contributed by atoms with Crippen molar-refractivity contribution in [3.05, 3.63) is 34.7 Å². The third-order valence-electron chi connectivity index (χ3n) is 2.36. The van der Waals surface area contributed by atoms with E-state index >= 15 is 0 Å². The monoisotopic (exact) mass is 284 g/mol. The van der Waals surface area contributed by atoms with E-state index in [1.807, 2.05) is 24.3 Å². The van der Waals surface area contributed by atoms with E-state index in [9.17, 15) is 4.79 Å². The molecule has 0 fully saturated rings.